The second kappa shape index (κ2) is 5.89. The molecule has 5 heteroatoms. The summed E-state index contributed by atoms with van der Waals surface area (Å²) in [6.07, 6.45) is 4.73. The number of nitrogens with zero attached hydrogens (tertiary/aromatic N) is 3. The summed E-state index contributed by atoms with van der Waals surface area (Å²) in [4.78, 5) is 23.6. The first-order valence-electron chi connectivity index (χ1n) is 8.45. The van der Waals surface area contributed by atoms with Crippen LogP contribution in [0.2, 0.25) is 0 Å². The van der Waals surface area contributed by atoms with Crippen molar-refractivity contribution < 1.29 is 9.53 Å². The topological polar surface area (TPSA) is 55.3 Å². The Kier molecular flexibility index (Phi) is 3.71. The number of hydrogen-bond donors (Lipinski definition) is 0. The van der Waals surface area contributed by atoms with E-state index in [-0.39, 0.29) is 24.6 Å². The molecule has 1 aromatic heterocycles. The SMILES string of the molecule is Cc1cccc(OCC(=O)N2[C@H]3CC[C@@H]2c2cnc(C)nc2C3)c1. The van der Waals surface area contributed by atoms with Gasteiger partial charge >= 0.3 is 0 Å². The Bertz CT molecular complexity index is 790. The van der Waals surface area contributed by atoms with E-state index in [4.69, 9.17) is 4.74 Å². The van der Waals surface area contributed by atoms with Crippen LogP contribution in [-0.2, 0) is 11.2 Å². The smallest absolute Gasteiger partial charge is 0.261 e. The average Bonchev–Trinajstić information content (AvgIpc) is 2.88. The maximum atomic E-state index is 12.8. The summed E-state index contributed by atoms with van der Waals surface area (Å²) in [5, 5.41) is 0. The van der Waals surface area contributed by atoms with Gasteiger partial charge in [0, 0.05) is 24.2 Å². The van der Waals surface area contributed by atoms with Gasteiger partial charge in [-0.15, -0.1) is 0 Å². The molecule has 2 atom stereocenters. The van der Waals surface area contributed by atoms with Gasteiger partial charge in [-0.25, -0.2) is 9.97 Å². The summed E-state index contributed by atoms with van der Waals surface area (Å²) < 4.78 is 5.71. The molecule has 2 aromatic rings. The van der Waals surface area contributed by atoms with Crippen LogP contribution in [0.25, 0.3) is 0 Å². The van der Waals surface area contributed by atoms with Gasteiger partial charge in [0.2, 0.25) is 0 Å². The molecular formula is C19H21N3O2. The van der Waals surface area contributed by atoms with Crippen molar-refractivity contribution in [3.05, 3.63) is 53.1 Å². The third kappa shape index (κ3) is 2.64. The molecule has 1 aromatic carbocycles. The number of aromatic nitrogens is 2. The third-order valence-electron chi connectivity index (χ3n) is 4.95. The fraction of sp³-hybridized carbons (Fsp3) is 0.421. The molecule has 0 radical (unpaired) electrons. The normalized spacial score (nSPS) is 21.5. The first kappa shape index (κ1) is 15.1. The molecule has 3 heterocycles. The van der Waals surface area contributed by atoms with Crippen molar-refractivity contribution in [2.45, 2.75) is 45.2 Å². The Morgan fingerprint density at radius 3 is 3.04 bits per heavy atom. The number of carbonyl (C=O) groups excluding carboxylic acids is 1. The van der Waals surface area contributed by atoms with E-state index in [2.05, 4.69) is 9.97 Å². The minimum absolute atomic E-state index is 0.0511. The number of fused-ring (bicyclic) bond motifs is 4. The molecule has 0 spiro atoms. The molecule has 1 fully saturated rings. The Morgan fingerprint density at radius 2 is 2.21 bits per heavy atom. The largest absolute Gasteiger partial charge is 0.484 e. The highest BCUT2D eigenvalue weighted by Gasteiger charge is 2.43. The van der Waals surface area contributed by atoms with Crippen LogP contribution in [0.3, 0.4) is 0 Å². The van der Waals surface area contributed by atoms with Crippen molar-refractivity contribution in [1.29, 1.82) is 0 Å². The van der Waals surface area contributed by atoms with Gasteiger partial charge in [0.05, 0.1) is 11.7 Å². The molecule has 2 bridgehead atoms. The number of carbonyl (C=O) groups is 1. The second-order valence-electron chi connectivity index (χ2n) is 6.68. The van der Waals surface area contributed by atoms with Crippen LogP contribution in [0.15, 0.2) is 30.5 Å². The van der Waals surface area contributed by atoms with Crippen molar-refractivity contribution in [2.75, 3.05) is 6.61 Å². The number of aryl methyl sites for hydroxylation is 2. The molecule has 5 nitrogen and oxygen atoms in total. The summed E-state index contributed by atoms with van der Waals surface area (Å²) in [7, 11) is 0. The Balaban J connectivity index is 1.50. The highest BCUT2D eigenvalue weighted by molar-refractivity contribution is 5.79. The van der Waals surface area contributed by atoms with E-state index < -0.39 is 0 Å². The zero-order valence-corrected chi connectivity index (χ0v) is 14.0. The summed E-state index contributed by atoms with van der Waals surface area (Å²) >= 11 is 0. The van der Waals surface area contributed by atoms with Gasteiger partial charge in [0.25, 0.3) is 5.91 Å². The lowest BCUT2D eigenvalue weighted by Crippen LogP contribution is -2.44. The summed E-state index contributed by atoms with van der Waals surface area (Å²) in [5.74, 6) is 1.60. The zero-order valence-electron chi connectivity index (χ0n) is 14.0. The molecule has 0 N–H and O–H groups in total. The standard InChI is InChI=1S/C19H21N3O2/c1-12-4-3-5-15(8-12)24-11-19(23)22-14-6-7-18(22)16-10-20-13(2)21-17(16)9-14/h3-5,8,10,14,18H,6-7,9,11H2,1-2H3/t14-,18+/m0/s1. The van der Waals surface area contributed by atoms with E-state index in [0.717, 1.165) is 47.7 Å². The molecule has 24 heavy (non-hydrogen) atoms. The summed E-state index contributed by atoms with van der Waals surface area (Å²) in [6, 6.07) is 8.13. The van der Waals surface area contributed by atoms with Gasteiger partial charge < -0.3 is 9.64 Å². The maximum absolute atomic E-state index is 12.8. The van der Waals surface area contributed by atoms with Crippen molar-refractivity contribution >= 4 is 5.91 Å². The van der Waals surface area contributed by atoms with E-state index in [1.54, 1.807) is 0 Å². The summed E-state index contributed by atoms with van der Waals surface area (Å²) in [6.45, 7) is 4.01. The number of ether oxygens (including phenoxy) is 1. The van der Waals surface area contributed by atoms with Crippen molar-refractivity contribution in [3.63, 3.8) is 0 Å². The number of hydrogen-bond acceptors (Lipinski definition) is 4. The van der Waals surface area contributed by atoms with Gasteiger partial charge in [0.15, 0.2) is 6.61 Å². The molecule has 2 aliphatic heterocycles. The maximum Gasteiger partial charge on any atom is 0.261 e. The number of rotatable bonds is 3. The van der Waals surface area contributed by atoms with Crippen LogP contribution in [0, 0.1) is 13.8 Å². The van der Waals surface area contributed by atoms with Crippen molar-refractivity contribution in [2.24, 2.45) is 0 Å². The van der Waals surface area contributed by atoms with Crippen LogP contribution in [0.1, 0.15) is 41.5 Å². The Labute approximate surface area is 141 Å². The first-order chi connectivity index (χ1) is 11.6. The van der Waals surface area contributed by atoms with Crippen molar-refractivity contribution in [3.8, 4) is 5.75 Å². The van der Waals surface area contributed by atoms with E-state index >= 15 is 0 Å². The van der Waals surface area contributed by atoms with Crippen LogP contribution in [-0.4, -0.2) is 33.4 Å². The summed E-state index contributed by atoms with van der Waals surface area (Å²) in [5.41, 5.74) is 3.34. The van der Waals surface area contributed by atoms with Crippen LogP contribution in [0.4, 0.5) is 0 Å². The fourth-order valence-corrected chi connectivity index (χ4v) is 3.88. The van der Waals surface area contributed by atoms with Gasteiger partial charge in [0.1, 0.15) is 11.6 Å². The quantitative estimate of drug-likeness (QED) is 0.871. The van der Waals surface area contributed by atoms with Crippen LogP contribution in [0.5, 0.6) is 5.75 Å². The number of benzene rings is 1. The lowest BCUT2D eigenvalue weighted by Gasteiger charge is -2.35. The molecule has 0 unspecified atom stereocenters. The number of amides is 1. The zero-order chi connectivity index (χ0) is 16.7. The van der Waals surface area contributed by atoms with Crippen LogP contribution < -0.4 is 4.74 Å². The van der Waals surface area contributed by atoms with Gasteiger partial charge in [-0.1, -0.05) is 12.1 Å². The minimum atomic E-state index is 0.0511. The first-order valence-corrected chi connectivity index (χ1v) is 8.45. The molecule has 4 rings (SSSR count). The minimum Gasteiger partial charge on any atom is -0.484 e. The fourth-order valence-electron chi connectivity index (χ4n) is 3.88. The van der Waals surface area contributed by atoms with Crippen LogP contribution >= 0.6 is 0 Å². The van der Waals surface area contributed by atoms with Crippen molar-refractivity contribution in [1.82, 2.24) is 14.9 Å². The molecule has 124 valence electrons. The predicted octanol–water partition coefficient (Wildman–Crippen LogP) is 2.76. The molecule has 2 aliphatic rings. The molecule has 0 aliphatic carbocycles. The Hall–Kier alpha value is -2.43. The molecule has 1 saturated heterocycles. The predicted molar refractivity (Wildman–Crippen MR) is 89.8 cm³/mol. The highest BCUT2D eigenvalue weighted by atomic mass is 16.5. The van der Waals surface area contributed by atoms with Gasteiger partial charge in [-0.2, -0.15) is 0 Å². The lowest BCUT2D eigenvalue weighted by atomic mass is 9.99. The molecule has 0 saturated carbocycles. The van der Waals surface area contributed by atoms with Gasteiger partial charge in [-0.05, 0) is 44.4 Å². The third-order valence-corrected chi connectivity index (χ3v) is 4.95. The Morgan fingerprint density at radius 1 is 1.33 bits per heavy atom. The average molecular weight is 323 g/mol. The lowest BCUT2D eigenvalue weighted by molar-refractivity contribution is -0.137. The van der Waals surface area contributed by atoms with Gasteiger partial charge in [-0.3, -0.25) is 4.79 Å². The highest BCUT2D eigenvalue weighted by Crippen LogP contribution is 2.42. The van der Waals surface area contributed by atoms with E-state index in [9.17, 15) is 4.79 Å². The second-order valence-corrected chi connectivity index (χ2v) is 6.68. The van der Waals surface area contributed by atoms with E-state index in [0.29, 0.717) is 0 Å². The molecular weight excluding hydrogens is 302 g/mol. The monoisotopic (exact) mass is 323 g/mol. The van der Waals surface area contributed by atoms with E-state index in [1.807, 2.05) is 49.2 Å². The van der Waals surface area contributed by atoms with E-state index in [1.165, 1.54) is 0 Å². The molecule has 1 amide bonds.